The molecule has 0 saturated carbocycles. The number of aromatic nitrogens is 2. The van der Waals surface area contributed by atoms with Gasteiger partial charge in [-0.15, -0.1) is 22.0 Å². The highest BCUT2D eigenvalue weighted by Gasteiger charge is 2.05. The first-order valence-corrected chi connectivity index (χ1v) is 5.56. The van der Waals surface area contributed by atoms with Crippen molar-refractivity contribution in [1.29, 1.82) is 0 Å². The zero-order valence-corrected chi connectivity index (χ0v) is 9.25. The second-order valence-corrected chi connectivity index (χ2v) is 3.88. The Hall–Kier alpha value is -1.14. The molecule has 0 aliphatic heterocycles. The summed E-state index contributed by atoms with van der Waals surface area (Å²) in [5.74, 6) is 0.555. The van der Waals surface area contributed by atoms with Crippen LogP contribution in [0.3, 0.4) is 0 Å². The number of hydrogen-bond acceptors (Lipinski definition) is 5. The summed E-state index contributed by atoms with van der Waals surface area (Å²) >= 11 is 1.51. The number of thioether (sulfide) groups is 1. The number of nitrogens with zero attached hydrogens (tertiary/aromatic N) is 2. The van der Waals surface area contributed by atoms with Gasteiger partial charge in [0.05, 0.1) is 0 Å². The zero-order chi connectivity index (χ0) is 11.1. The zero-order valence-electron chi connectivity index (χ0n) is 8.43. The fraction of sp³-hybridized carbons (Fsp3) is 0.444. The number of aliphatic hydroxyl groups is 1. The summed E-state index contributed by atoms with van der Waals surface area (Å²) < 4.78 is 0. The Morgan fingerprint density at radius 2 is 2.33 bits per heavy atom. The van der Waals surface area contributed by atoms with Crippen LogP contribution in [0.25, 0.3) is 0 Å². The molecule has 1 amide bonds. The Balaban J connectivity index is 2.52. The van der Waals surface area contributed by atoms with Crippen LogP contribution in [0.2, 0.25) is 0 Å². The maximum atomic E-state index is 11.1. The molecule has 0 aliphatic rings. The van der Waals surface area contributed by atoms with Gasteiger partial charge in [0, 0.05) is 19.4 Å². The first-order chi connectivity index (χ1) is 7.27. The van der Waals surface area contributed by atoms with Gasteiger partial charge in [-0.25, -0.2) is 0 Å². The lowest BCUT2D eigenvalue weighted by atomic mass is 10.4. The Labute approximate surface area is 92.3 Å². The van der Waals surface area contributed by atoms with Gasteiger partial charge in [0.25, 0.3) is 5.91 Å². The molecular weight excluding hydrogens is 214 g/mol. The van der Waals surface area contributed by atoms with Crippen molar-refractivity contribution < 1.29 is 9.90 Å². The normalized spacial score (nSPS) is 10.0. The van der Waals surface area contributed by atoms with Gasteiger partial charge in [0.1, 0.15) is 5.03 Å². The minimum Gasteiger partial charge on any atom is -0.396 e. The summed E-state index contributed by atoms with van der Waals surface area (Å²) in [5.41, 5.74) is 0.309. The van der Waals surface area contributed by atoms with E-state index in [4.69, 9.17) is 5.11 Å². The Kier molecular flexibility index (Phi) is 5.06. The molecular formula is C9H13N3O2S. The highest BCUT2D eigenvalue weighted by atomic mass is 32.2. The number of hydrogen-bond donors (Lipinski definition) is 2. The molecule has 0 unspecified atom stereocenters. The third-order valence-corrected chi connectivity index (χ3v) is 2.66. The van der Waals surface area contributed by atoms with Crippen LogP contribution in [0.5, 0.6) is 0 Å². The molecule has 2 N–H and O–H groups in total. The molecule has 0 saturated heterocycles. The molecule has 0 fully saturated rings. The molecule has 0 bridgehead atoms. The van der Waals surface area contributed by atoms with Crippen LogP contribution in [0.15, 0.2) is 17.2 Å². The summed E-state index contributed by atoms with van der Waals surface area (Å²) in [6.45, 7) is 0.177. The molecule has 0 radical (unpaired) electrons. The van der Waals surface area contributed by atoms with E-state index in [1.807, 2.05) is 0 Å². The van der Waals surface area contributed by atoms with E-state index < -0.39 is 0 Å². The van der Waals surface area contributed by atoms with Crippen molar-refractivity contribution in [3.8, 4) is 0 Å². The molecule has 1 rings (SSSR count). The van der Waals surface area contributed by atoms with E-state index >= 15 is 0 Å². The van der Waals surface area contributed by atoms with Crippen molar-refractivity contribution in [2.75, 3.05) is 19.4 Å². The van der Waals surface area contributed by atoms with E-state index in [-0.39, 0.29) is 12.5 Å². The van der Waals surface area contributed by atoms with Crippen molar-refractivity contribution in [2.24, 2.45) is 0 Å². The molecule has 1 aromatic rings. The van der Waals surface area contributed by atoms with Crippen LogP contribution < -0.4 is 5.32 Å². The van der Waals surface area contributed by atoms with Crippen LogP contribution in [0.1, 0.15) is 16.9 Å². The fourth-order valence-electron chi connectivity index (χ4n) is 0.887. The van der Waals surface area contributed by atoms with Crippen molar-refractivity contribution >= 4 is 17.7 Å². The third-order valence-electron chi connectivity index (χ3n) is 1.65. The number of carbonyl (C=O) groups is 1. The van der Waals surface area contributed by atoms with E-state index in [0.717, 1.165) is 17.2 Å². The molecule has 0 spiro atoms. The third kappa shape index (κ3) is 3.85. The summed E-state index contributed by atoms with van der Waals surface area (Å²) in [5, 5.41) is 19.5. The van der Waals surface area contributed by atoms with Gasteiger partial charge in [-0.3, -0.25) is 4.79 Å². The minimum absolute atomic E-state index is 0.177. The number of amides is 1. The predicted molar refractivity (Wildman–Crippen MR) is 57.8 cm³/mol. The van der Waals surface area contributed by atoms with Gasteiger partial charge in [-0.05, 0) is 18.6 Å². The number of aliphatic hydroxyl groups excluding tert-OH is 1. The van der Waals surface area contributed by atoms with Crippen molar-refractivity contribution in [3.63, 3.8) is 0 Å². The molecule has 1 heterocycles. The van der Waals surface area contributed by atoms with Crippen molar-refractivity contribution in [2.45, 2.75) is 11.4 Å². The molecule has 6 heteroatoms. The molecule has 15 heavy (non-hydrogen) atoms. The Morgan fingerprint density at radius 3 is 2.87 bits per heavy atom. The summed E-state index contributed by atoms with van der Waals surface area (Å²) in [7, 11) is 1.55. The minimum atomic E-state index is -0.241. The van der Waals surface area contributed by atoms with Gasteiger partial charge in [-0.1, -0.05) is 0 Å². The first kappa shape index (κ1) is 11.9. The molecule has 1 aromatic heterocycles. The lowest BCUT2D eigenvalue weighted by molar-refractivity contribution is 0.0957. The average molecular weight is 227 g/mol. The molecule has 82 valence electrons. The topological polar surface area (TPSA) is 75.1 Å². The van der Waals surface area contributed by atoms with E-state index in [0.29, 0.717) is 5.69 Å². The Morgan fingerprint density at radius 1 is 1.53 bits per heavy atom. The molecule has 0 atom stereocenters. The lowest BCUT2D eigenvalue weighted by Gasteiger charge is -2.00. The van der Waals surface area contributed by atoms with Crippen molar-refractivity contribution in [1.82, 2.24) is 15.5 Å². The summed E-state index contributed by atoms with van der Waals surface area (Å²) in [6.07, 6.45) is 0.726. The lowest BCUT2D eigenvalue weighted by Crippen LogP contribution is -2.19. The van der Waals surface area contributed by atoms with E-state index in [9.17, 15) is 4.79 Å². The summed E-state index contributed by atoms with van der Waals surface area (Å²) in [4.78, 5) is 11.1. The molecule has 5 nitrogen and oxygen atoms in total. The fourth-order valence-corrected chi connectivity index (χ4v) is 1.63. The van der Waals surface area contributed by atoms with Crippen molar-refractivity contribution in [3.05, 3.63) is 17.8 Å². The van der Waals surface area contributed by atoms with Crippen LogP contribution in [0, 0.1) is 0 Å². The van der Waals surface area contributed by atoms with Gasteiger partial charge in [0.15, 0.2) is 5.69 Å². The smallest absolute Gasteiger partial charge is 0.271 e. The maximum absolute atomic E-state index is 11.1. The predicted octanol–water partition coefficient (Wildman–Crippen LogP) is 0.311. The molecule has 0 aliphatic carbocycles. The van der Waals surface area contributed by atoms with E-state index in [1.54, 1.807) is 19.2 Å². The molecule has 0 aromatic carbocycles. The maximum Gasteiger partial charge on any atom is 0.271 e. The Bertz CT molecular complexity index is 316. The standard InChI is InChI=1S/C9H13N3O2S/c1-10-9(14)7-3-4-8(12-11-7)15-6-2-5-13/h3-4,13H,2,5-6H2,1H3,(H,10,14). The van der Waals surface area contributed by atoms with E-state index in [2.05, 4.69) is 15.5 Å². The largest absolute Gasteiger partial charge is 0.396 e. The van der Waals surface area contributed by atoms with Gasteiger partial charge in [0.2, 0.25) is 0 Å². The first-order valence-electron chi connectivity index (χ1n) is 4.57. The average Bonchev–Trinajstić information content (AvgIpc) is 2.29. The van der Waals surface area contributed by atoms with Gasteiger partial charge < -0.3 is 10.4 Å². The highest BCUT2D eigenvalue weighted by Crippen LogP contribution is 2.14. The summed E-state index contributed by atoms with van der Waals surface area (Å²) in [6, 6.07) is 3.38. The SMILES string of the molecule is CNC(=O)c1ccc(SCCCO)nn1. The van der Waals surface area contributed by atoms with Crippen LogP contribution in [-0.4, -0.2) is 40.6 Å². The van der Waals surface area contributed by atoms with Crippen LogP contribution in [-0.2, 0) is 0 Å². The van der Waals surface area contributed by atoms with E-state index in [1.165, 1.54) is 11.8 Å². The van der Waals surface area contributed by atoms with Crippen LogP contribution in [0.4, 0.5) is 0 Å². The monoisotopic (exact) mass is 227 g/mol. The second-order valence-electron chi connectivity index (χ2n) is 2.76. The number of nitrogens with one attached hydrogen (secondary N) is 1. The second kappa shape index (κ2) is 6.36. The van der Waals surface area contributed by atoms with Crippen LogP contribution >= 0.6 is 11.8 Å². The van der Waals surface area contributed by atoms with Gasteiger partial charge in [-0.2, -0.15) is 0 Å². The highest BCUT2D eigenvalue weighted by molar-refractivity contribution is 7.99. The quantitative estimate of drug-likeness (QED) is 0.559. The van der Waals surface area contributed by atoms with Gasteiger partial charge >= 0.3 is 0 Å². The number of carbonyl (C=O) groups excluding carboxylic acids is 1. The number of rotatable bonds is 5.